The van der Waals surface area contributed by atoms with Gasteiger partial charge >= 0.3 is 0 Å². The third kappa shape index (κ3) is 5.39. The predicted octanol–water partition coefficient (Wildman–Crippen LogP) is 0.899. The molecule has 0 spiro atoms. The summed E-state index contributed by atoms with van der Waals surface area (Å²) in [6.07, 6.45) is 0. The Labute approximate surface area is 155 Å². The normalized spacial score (nSPS) is 12.8. The van der Waals surface area contributed by atoms with Crippen LogP contribution in [0.25, 0.3) is 0 Å². The Morgan fingerprint density at radius 2 is 1.77 bits per heavy atom. The summed E-state index contributed by atoms with van der Waals surface area (Å²) in [6.45, 7) is 3.07. The number of hydrogen-bond acceptors (Lipinski definition) is 3. The molecule has 0 aromatic heterocycles. The van der Waals surface area contributed by atoms with E-state index in [1.165, 1.54) is 37.4 Å². The summed E-state index contributed by atoms with van der Waals surface area (Å²) in [4.78, 5) is 13.5. The van der Waals surface area contributed by atoms with Gasteiger partial charge in [-0.25, -0.2) is 12.7 Å². The Bertz CT molecular complexity index is 862. The van der Waals surface area contributed by atoms with E-state index >= 15 is 0 Å². The Morgan fingerprint density at radius 3 is 2.38 bits per heavy atom. The maximum Gasteiger partial charge on any atom is 0.279 e. The summed E-state index contributed by atoms with van der Waals surface area (Å²) in [6, 6.07) is 14.5. The number of likely N-dealkylation sites (N-methyl/N-ethyl adjacent to an activating group) is 1. The smallest absolute Gasteiger partial charge is 0.279 e. The monoisotopic (exact) mass is 376 g/mol. The van der Waals surface area contributed by atoms with Gasteiger partial charge in [-0.15, -0.1) is 0 Å². The molecule has 2 aromatic rings. The molecule has 0 heterocycles. The summed E-state index contributed by atoms with van der Waals surface area (Å²) in [5.74, 6) is -0.158. The number of nitrogens with one attached hydrogen (secondary N) is 2. The van der Waals surface area contributed by atoms with Crippen LogP contribution in [-0.2, 0) is 21.4 Å². The molecule has 7 heteroatoms. The first-order valence-corrected chi connectivity index (χ1v) is 9.82. The lowest BCUT2D eigenvalue weighted by atomic mass is 10.1. The van der Waals surface area contributed by atoms with Crippen molar-refractivity contribution in [1.29, 1.82) is 0 Å². The molecule has 1 amide bonds. The van der Waals surface area contributed by atoms with Crippen LogP contribution in [-0.4, -0.2) is 46.3 Å². The Morgan fingerprint density at radius 1 is 1.12 bits per heavy atom. The second kappa shape index (κ2) is 8.44. The van der Waals surface area contributed by atoms with Crippen LogP contribution in [0.1, 0.15) is 11.1 Å². The first kappa shape index (κ1) is 20.1. The first-order valence-electron chi connectivity index (χ1n) is 8.38. The Hall–Kier alpha value is -2.22. The number of aryl methyl sites for hydroxylation is 1. The van der Waals surface area contributed by atoms with E-state index < -0.39 is 10.0 Å². The van der Waals surface area contributed by atoms with Gasteiger partial charge in [-0.05, 0) is 25.1 Å². The van der Waals surface area contributed by atoms with E-state index in [4.69, 9.17) is 0 Å². The molecule has 0 aliphatic heterocycles. The fraction of sp³-hybridized carbons (Fsp3) is 0.316. The van der Waals surface area contributed by atoms with E-state index in [1.54, 1.807) is 12.1 Å². The fourth-order valence-electron chi connectivity index (χ4n) is 2.54. The van der Waals surface area contributed by atoms with Crippen LogP contribution in [0.15, 0.2) is 53.4 Å². The zero-order valence-electron chi connectivity index (χ0n) is 15.6. The summed E-state index contributed by atoms with van der Waals surface area (Å²) in [5.41, 5.74) is 2.85. The average molecular weight is 377 g/mol. The highest BCUT2D eigenvalue weighted by atomic mass is 32.2. The molecular formula is C19H26N3O3S+. The topological polar surface area (TPSA) is 70.9 Å². The fourth-order valence-corrected chi connectivity index (χ4v) is 3.49. The van der Waals surface area contributed by atoms with E-state index in [2.05, 4.69) is 29.6 Å². The molecule has 0 saturated carbocycles. The third-order valence-corrected chi connectivity index (χ3v) is 5.80. The second-order valence-corrected chi connectivity index (χ2v) is 8.81. The van der Waals surface area contributed by atoms with Crippen LogP contribution in [0.4, 0.5) is 5.69 Å². The van der Waals surface area contributed by atoms with Crippen molar-refractivity contribution in [3.8, 4) is 0 Å². The number of rotatable bonds is 7. The van der Waals surface area contributed by atoms with E-state index in [0.29, 0.717) is 12.2 Å². The molecule has 2 aromatic carbocycles. The number of amides is 1. The predicted molar refractivity (Wildman–Crippen MR) is 103 cm³/mol. The highest BCUT2D eigenvalue weighted by Crippen LogP contribution is 2.17. The quantitative estimate of drug-likeness (QED) is 0.754. The van der Waals surface area contributed by atoms with Gasteiger partial charge in [0.25, 0.3) is 5.91 Å². The molecular weight excluding hydrogens is 350 g/mol. The minimum absolute atomic E-state index is 0.153. The molecule has 0 radical (unpaired) electrons. The number of anilines is 1. The molecule has 1 unspecified atom stereocenters. The van der Waals surface area contributed by atoms with Crippen LogP contribution in [0.2, 0.25) is 0 Å². The lowest BCUT2D eigenvalue weighted by Crippen LogP contribution is -3.08. The van der Waals surface area contributed by atoms with Crippen molar-refractivity contribution >= 4 is 21.6 Å². The van der Waals surface area contributed by atoms with Crippen LogP contribution in [0.3, 0.4) is 0 Å². The van der Waals surface area contributed by atoms with Gasteiger partial charge in [0.15, 0.2) is 6.54 Å². The Balaban J connectivity index is 1.98. The van der Waals surface area contributed by atoms with Gasteiger partial charge in [0, 0.05) is 25.3 Å². The van der Waals surface area contributed by atoms with Crippen molar-refractivity contribution in [3.63, 3.8) is 0 Å². The largest absolute Gasteiger partial charge is 0.326 e. The van der Waals surface area contributed by atoms with Gasteiger partial charge in [-0.3, -0.25) is 4.79 Å². The standard InChI is InChI=1S/C19H25N3O3S/c1-15-8-10-16(11-9-15)13-22(4)14-19(23)20-17-6-5-7-18(12-17)26(24,25)21(2)3/h5-12H,13-14H2,1-4H3,(H,20,23)/p+1. The van der Waals surface area contributed by atoms with E-state index in [1.807, 2.05) is 14.0 Å². The summed E-state index contributed by atoms with van der Waals surface area (Å²) in [5, 5.41) is 2.78. The number of carbonyl (C=O) groups excluding carboxylic acids is 1. The summed E-state index contributed by atoms with van der Waals surface area (Å²) in [7, 11) is 1.38. The van der Waals surface area contributed by atoms with Crippen molar-refractivity contribution in [2.24, 2.45) is 0 Å². The zero-order valence-corrected chi connectivity index (χ0v) is 16.4. The lowest BCUT2D eigenvalue weighted by Gasteiger charge is -2.15. The number of carbonyl (C=O) groups is 1. The molecule has 0 aliphatic carbocycles. The van der Waals surface area contributed by atoms with Crippen LogP contribution in [0, 0.1) is 6.92 Å². The van der Waals surface area contributed by atoms with Crippen LogP contribution >= 0.6 is 0 Å². The minimum Gasteiger partial charge on any atom is -0.326 e. The molecule has 26 heavy (non-hydrogen) atoms. The molecule has 0 aliphatic rings. The first-order chi connectivity index (χ1) is 12.2. The molecule has 6 nitrogen and oxygen atoms in total. The van der Waals surface area contributed by atoms with Crippen molar-refractivity contribution < 1.29 is 18.1 Å². The van der Waals surface area contributed by atoms with Crippen molar-refractivity contribution in [2.45, 2.75) is 18.4 Å². The van der Waals surface area contributed by atoms with Crippen molar-refractivity contribution in [2.75, 3.05) is 33.0 Å². The summed E-state index contributed by atoms with van der Waals surface area (Å²) < 4.78 is 25.5. The second-order valence-electron chi connectivity index (χ2n) is 6.66. The maximum absolute atomic E-state index is 12.3. The molecule has 1 atom stereocenters. The number of quaternary nitrogens is 1. The number of hydrogen-bond donors (Lipinski definition) is 2. The van der Waals surface area contributed by atoms with Gasteiger partial charge in [0.05, 0.1) is 11.9 Å². The minimum atomic E-state index is -3.53. The van der Waals surface area contributed by atoms with Crippen LogP contribution < -0.4 is 10.2 Å². The number of nitrogens with zero attached hydrogens (tertiary/aromatic N) is 1. The summed E-state index contributed by atoms with van der Waals surface area (Å²) >= 11 is 0. The van der Waals surface area contributed by atoms with Gasteiger partial charge in [-0.2, -0.15) is 0 Å². The highest BCUT2D eigenvalue weighted by molar-refractivity contribution is 7.89. The maximum atomic E-state index is 12.3. The van der Waals surface area contributed by atoms with Gasteiger partial charge in [0.2, 0.25) is 10.0 Å². The van der Waals surface area contributed by atoms with E-state index in [9.17, 15) is 13.2 Å². The van der Waals surface area contributed by atoms with E-state index in [0.717, 1.165) is 15.7 Å². The lowest BCUT2D eigenvalue weighted by molar-refractivity contribution is -0.885. The molecule has 0 bridgehead atoms. The third-order valence-electron chi connectivity index (χ3n) is 3.99. The molecule has 2 rings (SSSR count). The SMILES string of the molecule is Cc1ccc(C[NH+](C)CC(=O)Nc2cccc(S(=O)(=O)N(C)C)c2)cc1. The van der Waals surface area contributed by atoms with Crippen molar-refractivity contribution in [3.05, 3.63) is 59.7 Å². The molecule has 140 valence electrons. The van der Waals surface area contributed by atoms with Gasteiger partial charge in [0.1, 0.15) is 6.54 Å². The van der Waals surface area contributed by atoms with Gasteiger partial charge < -0.3 is 10.2 Å². The Kier molecular flexibility index (Phi) is 6.52. The average Bonchev–Trinajstić information content (AvgIpc) is 2.56. The van der Waals surface area contributed by atoms with Crippen LogP contribution in [0.5, 0.6) is 0 Å². The number of benzene rings is 2. The zero-order chi connectivity index (χ0) is 19.3. The van der Waals surface area contributed by atoms with Gasteiger partial charge in [-0.1, -0.05) is 35.9 Å². The molecule has 0 saturated heterocycles. The highest BCUT2D eigenvalue weighted by Gasteiger charge is 2.18. The number of sulfonamides is 1. The van der Waals surface area contributed by atoms with E-state index in [-0.39, 0.29) is 10.8 Å². The van der Waals surface area contributed by atoms with Crippen molar-refractivity contribution in [1.82, 2.24) is 4.31 Å². The molecule has 0 fully saturated rings. The molecule has 2 N–H and O–H groups in total.